The summed E-state index contributed by atoms with van der Waals surface area (Å²) < 4.78 is 2.13. The van der Waals surface area contributed by atoms with E-state index < -0.39 is 0 Å². The molecule has 2 aromatic rings. The van der Waals surface area contributed by atoms with E-state index in [0.29, 0.717) is 6.54 Å². The summed E-state index contributed by atoms with van der Waals surface area (Å²) in [5.74, 6) is 1.21. The number of halogens is 2. The monoisotopic (exact) mass is 358 g/mol. The van der Waals surface area contributed by atoms with Crippen molar-refractivity contribution in [1.82, 2.24) is 20.2 Å². The Kier molecular flexibility index (Phi) is 7.82. The van der Waals surface area contributed by atoms with Crippen molar-refractivity contribution in [2.24, 2.45) is 7.05 Å². The third-order valence-corrected chi connectivity index (χ3v) is 4.13. The molecule has 1 aliphatic rings. The minimum absolute atomic E-state index is 0. The van der Waals surface area contributed by atoms with Crippen molar-refractivity contribution >= 4 is 41.8 Å². The molecule has 5 nitrogen and oxygen atoms in total. The quantitative estimate of drug-likeness (QED) is 0.805. The second kappa shape index (κ2) is 9.11. The van der Waals surface area contributed by atoms with Crippen LogP contribution < -0.4 is 10.6 Å². The average molecular weight is 359 g/mol. The van der Waals surface area contributed by atoms with Gasteiger partial charge in [0.25, 0.3) is 0 Å². The van der Waals surface area contributed by atoms with Gasteiger partial charge in [-0.3, -0.25) is 4.79 Å². The van der Waals surface area contributed by atoms with Crippen molar-refractivity contribution in [2.45, 2.75) is 31.7 Å². The fourth-order valence-corrected chi connectivity index (χ4v) is 2.91. The summed E-state index contributed by atoms with van der Waals surface area (Å²) >= 11 is 0. The second-order valence-electron chi connectivity index (χ2n) is 5.62. The summed E-state index contributed by atoms with van der Waals surface area (Å²) in [6.45, 7) is 1.66. The Morgan fingerprint density at radius 3 is 2.87 bits per heavy atom. The Labute approximate surface area is 149 Å². The number of carbonyl (C=O) groups is 1. The molecule has 2 heterocycles. The highest BCUT2D eigenvalue weighted by molar-refractivity contribution is 5.85. The number of para-hydroxylation sites is 2. The average Bonchev–Trinajstić information content (AvgIpc) is 3.13. The van der Waals surface area contributed by atoms with Crippen molar-refractivity contribution in [3.05, 3.63) is 30.1 Å². The van der Waals surface area contributed by atoms with E-state index in [4.69, 9.17) is 0 Å². The highest BCUT2D eigenvalue weighted by Gasteiger charge is 2.21. The Hall–Kier alpha value is -1.30. The molecule has 0 radical (unpaired) electrons. The number of hydrogen-bond donors (Lipinski definition) is 2. The Balaban J connectivity index is 0.00000132. The molecule has 0 bridgehead atoms. The predicted octanol–water partition coefficient (Wildman–Crippen LogP) is 2.22. The zero-order valence-corrected chi connectivity index (χ0v) is 14.9. The van der Waals surface area contributed by atoms with Gasteiger partial charge in [0.2, 0.25) is 5.91 Å². The molecule has 1 aromatic carbocycles. The van der Waals surface area contributed by atoms with Gasteiger partial charge in [-0.1, -0.05) is 12.1 Å². The summed E-state index contributed by atoms with van der Waals surface area (Å²) in [5.41, 5.74) is 2.20. The molecule has 3 rings (SSSR count). The van der Waals surface area contributed by atoms with E-state index in [1.165, 1.54) is 0 Å². The highest BCUT2D eigenvalue weighted by atomic mass is 35.5. The van der Waals surface area contributed by atoms with Crippen molar-refractivity contribution in [3.8, 4) is 0 Å². The lowest BCUT2D eigenvalue weighted by molar-refractivity contribution is -0.122. The van der Waals surface area contributed by atoms with Gasteiger partial charge in [-0.25, -0.2) is 4.98 Å². The predicted molar refractivity (Wildman–Crippen MR) is 97.6 cm³/mol. The van der Waals surface area contributed by atoms with Gasteiger partial charge in [-0.05, 0) is 37.9 Å². The first-order valence-corrected chi connectivity index (χ1v) is 7.67. The molecule has 7 heteroatoms. The normalized spacial score (nSPS) is 16.7. The summed E-state index contributed by atoms with van der Waals surface area (Å²) in [6.07, 6.45) is 3.84. The van der Waals surface area contributed by atoms with Crippen LogP contribution in [0.2, 0.25) is 0 Å². The van der Waals surface area contributed by atoms with Crippen molar-refractivity contribution in [1.29, 1.82) is 0 Å². The molecule has 0 spiro atoms. The van der Waals surface area contributed by atoms with Gasteiger partial charge in [0, 0.05) is 20.0 Å². The molecule has 2 N–H and O–H groups in total. The number of rotatable bonds is 5. The number of hydrogen-bond acceptors (Lipinski definition) is 3. The van der Waals surface area contributed by atoms with Crippen LogP contribution in [0.25, 0.3) is 11.0 Å². The van der Waals surface area contributed by atoms with E-state index >= 15 is 0 Å². The van der Waals surface area contributed by atoms with Crippen molar-refractivity contribution in [3.63, 3.8) is 0 Å². The first-order valence-electron chi connectivity index (χ1n) is 7.67. The van der Waals surface area contributed by atoms with E-state index in [0.717, 1.165) is 49.1 Å². The largest absolute Gasteiger partial charge is 0.355 e. The molecule has 0 aliphatic carbocycles. The zero-order chi connectivity index (χ0) is 14.7. The summed E-state index contributed by atoms with van der Waals surface area (Å²) in [5, 5.41) is 6.22. The number of amides is 1. The van der Waals surface area contributed by atoms with Crippen LogP contribution in [-0.4, -0.2) is 34.6 Å². The van der Waals surface area contributed by atoms with E-state index in [9.17, 15) is 4.79 Å². The van der Waals surface area contributed by atoms with Crippen LogP contribution in [0.4, 0.5) is 0 Å². The lowest BCUT2D eigenvalue weighted by Gasteiger charge is -2.10. The van der Waals surface area contributed by atoms with Gasteiger partial charge >= 0.3 is 0 Å². The number of imidazole rings is 1. The summed E-state index contributed by atoms with van der Waals surface area (Å²) in [6, 6.07) is 8.17. The van der Waals surface area contributed by atoms with Gasteiger partial charge in [-0.15, -0.1) is 24.8 Å². The molecule has 1 aromatic heterocycles. The maximum Gasteiger partial charge on any atom is 0.237 e. The van der Waals surface area contributed by atoms with E-state index in [1.807, 2.05) is 25.2 Å². The lowest BCUT2D eigenvalue weighted by Crippen LogP contribution is -2.40. The van der Waals surface area contributed by atoms with Crippen LogP contribution in [0.15, 0.2) is 24.3 Å². The van der Waals surface area contributed by atoms with Gasteiger partial charge in [0.1, 0.15) is 5.82 Å². The van der Waals surface area contributed by atoms with E-state index in [-0.39, 0.29) is 36.8 Å². The molecular weight excluding hydrogens is 335 g/mol. The van der Waals surface area contributed by atoms with Gasteiger partial charge < -0.3 is 15.2 Å². The van der Waals surface area contributed by atoms with Crippen molar-refractivity contribution in [2.75, 3.05) is 13.1 Å². The standard InChI is InChI=1S/C16H22N4O.2ClH/c1-20-14-8-3-2-6-12(14)19-15(20)9-5-11-18-16(21)13-7-4-10-17-13;;/h2-3,6,8,13,17H,4-5,7,9-11H2,1H3,(H,18,21);2*1H/t13-;;/m0../s1. The third-order valence-electron chi connectivity index (χ3n) is 4.13. The van der Waals surface area contributed by atoms with E-state index in [2.05, 4.69) is 26.3 Å². The summed E-state index contributed by atoms with van der Waals surface area (Å²) in [4.78, 5) is 16.5. The fraction of sp³-hybridized carbons (Fsp3) is 0.500. The van der Waals surface area contributed by atoms with Crippen LogP contribution in [0.1, 0.15) is 25.1 Å². The molecule has 0 saturated carbocycles. The number of aromatic nitrogens is 2. The van der Waals surface area contributed by atoms with Crippen LogP contribution in [-0.2, 0) is 18.3 Å². The Morgan fingerprint density at radius 1 is 1.39 bits per heavy atom. The minimum Gasteiger partial charge on any atom is -0.355 e. The maximum absolute atomic E-state index is 11.9. The maximum atomic E-state index is 11.9. The number of carbonyl (C=O) groups excluding carboxylic acids is 1. The smallest absolute Gasteiger partial charge is 0.237 e. The highest BCUT2D eigenvalue weighted by Crippen LogP contribution is 2.15. The topological polar surface area (TPSA) is 59.0 Å². The number of nitrogens with zero attached hydrogens (tertiary/aromatic N) is 2. The molecule has 23 heavy (non-hydrogen) atoms. The molecule has 128 valence electrons. The van der Waals surface area contributed by atoms with Crippen LogP contribution >= 0.6 is 24.8 Å². The lowest BCUT2D eigenvalue weighted by atomic mass is 10.2. The molecular formula is C16H24Cl2N4O. The zero-order valence-electron chi connectivity index (χ0n) is 13.2. The molecule has 1 saturated heterocycles. The number of aryl methyl sites for hydroxylation is 2. The minimum atomic E-state index is 0. The van der Waals surface area contributed by atoms with Crippen molar-refractivity contribution < 1.29 is 4.79 Å². The van der Waals surface area contributed by atoms with Gasteiger partial charge in [0.05, 0.1) is 17.1 Å². The Morgan fingerprint density at radius 2 is 2.17 bits per heavy atom. The molecule has 1 amide bonds. The summed E-state index contributed by atoms with van der Waals surface area (Å²) in [7, 11) is 2.05. The van der Waals surface area contributed by atoms with Gasteiger partial charge in [0.15, 0.2) is 0 Å². The third kappa shape index (κ3) is 4.59. The fourth-order valence-electron chi connectivity index (χ4n) is 2.91. The number of benzene rings is 1. The van der Waals surface area contributed by atoms with Crippen LogP contribution in [0.3, 0.4) is 0 Å². The number of fused-ring (bicyclic) bond motifs is 1. The van der Waals surface area contributed by atoms with Crippen LogP contribution in [0, 0.1) is 0 Å². The second-order valence-corrected chi connectivity index (χ2v) is 5.62. The first-order chi connectivity index (χ1) is 10.3. The molecule has 1 aliphatic heterocycles. The molecule has 1 fully saturated rings. The Bertz CT molecular complexity index is 638. The molecule has 0 unspecified atom stereocenters. The van der Waals surface area contributed by atoms with Gasteiger partial charge in [-0.2, -0.15) is 0 Å². The molecule has 1 atom stereocenters. The van der Waals surface area contributed by atoms with Crippen LogP contribution in [0.5, 0.6) is 0 Å². The van der Waals surface area contributed by atoms with E-state index in [1.54, 1.807) is 0 Å². The number of nitrogens with one attached hydrogen (secondary N) is 2. The first kappa shape index (κ1) is 19.7. The SMILES string of the molecule is Cl.Cl.Cn1c(CCCNC(=O)[C@@H]2CCCN2)nc2ccccc21.